The lowest BCUT2D eigenvalue weighted by atomic mass is 10.1. The largest absolute Gasteiger partial charge is 0.508 e. The predicted molar refractivity (Wildman–Crippen MR) is 194 cm³/mol. The van der Waals surface area contributed by atoms with Gasteiger partial charge in [0.1, 0.15) is 23.9 Å². The van der Waals surface area contributed by atoms with Crippen molar-refractivity contribution in [3.63, 3.8) is 0 Å². The van der Waals surface area contributed by atoms with Gasteiger partial charge in [0.15, 0.2) is 19.7 Å². The molecule has 1 N–H and O–H groups in total. The first kappa shape index (κ1) is 38.2. The van der Waals surface area contributed by atoms with Crippen molar-refractivity contribution in [2.45, 2.75) is 53.6 Å². The summed E-state index contributed by atoms with van der Waals surface area (Å²) in [7, 11) is -7.12. The molecule has 0 amide bonds. The van der Waals surface area contributed by atoms with Crippen LogP contribution in [0.3, 0.4) is 0 Å². The van der Waals surface area contributed by atoms with Crippen LogP contribution in [0.15, 0.2) is 125 Å². The molecule has 0 saturated heterocycles. The average Bonchev–Trinajstić information content (AvgIpc) is 3.06. The molecule has 0 spiro atoms. The van der Waals surface area contributed by atoms with Crippen molar-refractivity contribution in [1.82, 2.24) is 0 Å². The smallest absolute Gasteiger partial charge is 0.185 e. The molecule has 2 unspecified atom stereocenters. The van der Waals surface area contributed by atoms with Gasteiger partial charge in [0.2, 0.25) is 0 Å². The van der Waals surface area contributed by atoms with E-state index in [2.05, 4.69) is 0 Å². The zero-order valence-electron chi connectivity index (χ0n) is 26.6. The van der Waals surface area contributed by atoms with Crippen molar-refractivity contribution in [3.8, 4) is 11.5 Å². The Hall–Kier alpha value is -3.60. The Morgan fingerprint density at radius 1 is 0.653 bits per heavy atom. The van der Waals surface area contributed by atoms with E-state index in [0.29, 0.717) is 39.8 Å². The maximum Gasteiger partial charge on any atom is 0.185 e. The molecule has 0 aromatic heterocycles. The van der Waals surface area contributed by atoms with Gasteiger partial charge in [0.05, 0.1) is 25.3 Å². The molecule has 5 aromatic carbocycles. The van der Waals surface area contributed by atoms with Crippen molar-refractivity contribution in [1.29, 1.82) is 0 Å². The van der Waals surface area contributed by atoms with Gasteiger partial charge in [0.25, 0.3) is 0 Å². The summed E-state index contributed by atoms with van der Waals surface area (Å²) >= 11 is 17.7. The van der Waals surface area contributed by atoms with Gasteiger partial charge in [0, 0.05) is 15.6 Å². The number of hydrogen-bond acceptors (Lipinski definition) is 6. The molecule has 0 fully saturated rings. The SMILES string of the molecule is CCC(c1cccc(O)c1)S(=O)(=O)c1ccc(Cl)cc1.CCC(c1cccc(OCc2c(F)cccc2Cl)c1)S(=O)(=O)c1ccc(Cl)cc1. The third-order valence-corrected chi connectivity index (χ3v) is 13.1. The number of halogens is 4. The van der Waals surface area contributed by atoms with Gasteiger partial charge in [-0.25, -0.2) is 21.2 Å². The van der Waals surface area contributed by atoms with Crippen LogP contribution in [0.4, 0.5) is 4.39 Å². The highest BCUT2D eigenvalue weighted by Crippen LogP contribution is 2.35. The molecule has 5 aromatic rings. The Kier molecular flexibility index (Phi) is 13.2. The number of hydrogen-bond donors (Lipinski definition) is 1. The Labute approximate surface area is 301 Å². The number of ether oxygens (including phenoxy) is 1. The summed E-state index contributed by atoms with van der Waals surface area (Å²) in [4.78, 5) is 0.440. The fourth-order valence-electron chi connectivity index (χ4n) is 5.20. The van der Waals surface area contributed by atoms with Crippen LogP contribution in [0.5, 0.6) is 11.5 Å². The Morgan fingerprint density at radius 2 is 1.12 bits per heavy atom. The van der Waals surface area contributed by atoms with Crippen LogP contribution < -0.4 is 4.74 Å². The molecule has 6 nitrogen and oxygen atoms in total. The molecule has 0 bridgehead atoms. The minimum absolute atomic E-state index is 0.0598. The van der Waals surface area contributed by atoms with E-state index in [9.17, 15) is 26.3 Å². The first-order valence-electron chi connectivity index (χ1n) is 15.2. The van der Waals surface area contributed by atoms with Gasteiger partial charge in [-0.1, -0.05) is 79.0 Å². The summed E-state index contributed by atoms with van der Waals surface area (Å²) in [5, 5.41) is 9.33. The molecular weight excluding hydrogens is 730 g/mol. The first-order valence-corrected chi connectivity index (χ1v) is 19.4. The van der Waals surface area contributed by atoms with E-state index >= 15 is 0 Å². The van der Waals surface area contributed by atoms with Crippen LogP contribution in [0.2, 0.25) is 15.1 Å². The molecule has 0 heterocycles. The summed E-state index contributed by atoms with van der Waals surface area (Å²) < 4.78 is 71.2. The van der Waals surface area contributed by atoms with Crippen molar-refractivity contribution >= 4 is 54.5 Å². The van der Waals surface area contributed by atoms with Crippen LogP contribution in [0, 0.1) is 5.82 Å². The van der Waals surface area contributed by atoms with E-state index in [4.69, 9.17) is 39.5 Å². The fraction of sp³-hybridized carbons (Fsp3) is 0.189. The number of phenolic OH excluding ortho intramolecular Hbond substituents is 1. The minimum Gasteiger partial charge on any atom is -0.508 e. The summed E-state index contributed by atoms with van der Waals surface area (Å²) in [5.74, 6) is 0.0456. The highest BCUT2D eigenvalue weighted by Gasteiger charge is 2.29. The quantitative estimate of drug-likeness (QED) is 0.144. The third-order valence-electron chi connectivity index (χ3n) is 7.69. The molecule has 49 heavy (non-hydrogen) atoms. The lowest BCUT2D eigenvalue weighted by Gasteiger charge is -2.18. The van der Waals surface area contributed by atoms with Gasteiger partial charge in [-0.3, -0.25) is 0 Å². The highest BCUT2D eigenvalue weighted by atomic mass is 35.5. The minimum atomic E-state index is -3.61. The monoisotopic (exact) mass is 762 g/mol. The molecule has 12 heteroatoms. The van der Waals surface area contributed by atoms with Gasteiger partial charge >= 0.3 is 0 Å². The van der Waals surface area contributed by atoms with E-state index in [0.717, 1.165) is 0 Å². The van der Waals surface area contributed by atoms with Crippen molar-refractivity contribution in [3.05, 3.63) is 153 Å². The lowest BCUT2D eigenvalue weighted by Crippen LogP contribution is -2.13. The summed E-state index contributed by atoms with van der Waals surface area (Å²) in [5.41, 5.74) is 1.43. The summed E-state index contributed by atoms with van der Waals surface area (Å²) in [6, 6.07) is 29.8. The molecule has 2 atom stereocenters. The molecule has 0 aliphatic rings. The zero-order chi connectivity index (χ0) is 35.8. The lowest BCUT2D eigenvalue weighted by molar-refractivity contribution is 0.299. The van der Waals surface area contributed by atoms with Crippen molar-refractivity contribution in [2.75, 3.05) is 0 Å². The molecular formula is C37H34Cl3FO6S2. The molecule has 0 saturated carbocycles. The van der Waals surface area contributed by atoms with Gasteiger partial charge in [-0.05, 0) is 109 Å². The van der Waals surface area contributed by atoms with Crippen LogP contribution in [0.25, 0.3) is 0 Å². The maximum atomic E-state index is 13.9. The average molecular weight is 764 g/mol. The van der Waals surface area contributed by atoms with E-state index in [1.807, 2.05) is 13.8 Å². The topological polar surface area (TPSA) is 97.7 Å². The molecule has 0 aliphatic heterocycles. The third kappa shape index (κ3) is 9.55. The predicted octanol–water partition coefficient (Wildman–Crippen LogP) is 10.6. The van der Waals surface area contributed by atoms with Gasteiger partial charge < -0.3 is 9.84 Å². The van der Waals surface area contributed by atoms with E-state index in [1.54, 1.807) is 66.7 Å². The summed E-state index contributed by atoms with van der Waals surface area (Å²) in [6.45, 7) is 3.56. The molecule has 5 rings (SSSR count). The zero-order valence-corrected chi connectivity index (χ0v) is 30.5. The Morgan fingerprint density at radius 3 is 1.59 bits per heavy atom. The summed E-state index contributed by atoms with van der Waals surface area (Å²) in [6.07, 6.45) is 0.808. The number of aromatic hydroxyl groups is 1. The standard InChI is InChI=1S/C22H19Cl2FO3S.C15H15ClO3S/c1-2-22(29(26,27)18-11-9-16(23)10-12-18)15-5-3-6-17(13-15)28-14-19-20(24)7-4-8-21(19)25;1-2-15(11-4-3-5-13(17)10-11)20(18,19)14-8-6-12(16)7-9-14/h3-13,22H,2,14H2,1H3;3-10,15,17H,2H2,1H3. The normalized spacial score (nSPS) is 12.8. The Balaban J connectivity index is 0.000000237. The number of benzene rings is 5. The van der Waals surface area contributed by atoms with Crippen LogP contribution in [-0.2, 0) is 26.3 Å². The molecule has 0 aliphatic carbocycles. The molecule has 0 radical (unpaired) electrons. The molecule has 258 valence electrons. The van der Waals surface area contributed by atoms with Crippen molar-refractivity contribution < 1.29 is 31.1 Å². The van der Waals surface area contributed by atoms with Crippen LogP contribution in [0.1, 0.15) is 53.9 Å². The maximum absolute atomic E-state index is 13.9. The Bertz CT molecular complexity index is 2070. The van der Waals surface area contributed by atoms with E-state index in [-0.39, 0.29) is 32.7 Å². The second kappa shape index (κ2) is 16.9. The van der Waals surface area contributed by atoms with Crippen LogP contribution in [-0.4, -0.2) is 21.9 Å². The first-order chi connectivity index (χ1) is 23.3. The fourth-order valence-corrected chi connectivity index (χ4v) is 9.25. The number of sulfone groups is 2. The van der Waals surface area contributed by atoms with E-state index in [1.165, 1.54) is 48.5 Å². The van der Waals surface area contributed by atoms with Gasteiger partial charge in [-0.2, -0.15) is 0 Å². The van der Waals surface area contributed by atoms with Crippen LogP contribution >= 0.6 is 34.8 Å². The second-order valence-corrected chi connectivity index (χ2v) is 16.5. The van der Waals surface area contributed by atoms with Crippen molar-refractivity contribution in [2.24, 2.45) is 0 Å². The van der Waals surface area contributed by atoms with E-state index < -0.39 is 36.0 Å². The number of phenols is 1. The number of rotatable bonds is 11. The highest BCUT2D eigenvalue weighted by molar-refractivity contribution is 7.92. The second-order valence-electron chi connectivity index (χ2n) is 10.9. The van der Waals surface area contributed by atoms with Gasteiger partial charge in [-0.15, -0.1) is 0 Å².